The first-order valence-corrected chi connectivity index (χ1v) is 11.0. The highest BCUT2D eigenvalue weighted by atomic mass is 16.5. The summed E-state index contributed by atoms with van der Waals surface area (Å²) in [5.41, 5.74) is 3.09. The number of rotatable bonds is 5. The van der Waals surface area contributed by atoms with Crippen molar-refractivity contribution in [1.29, 1.82) is 0 Å². The van der Waals surface area contributed by atoms with E-state index >= 15 is 0 Å². The molecule has 7 nitrogen and oxygen atoms in total. The molecule has 0 N–H and O–H groups in total. The van der Waals surface area contributed by atoms with E-state index in [0.717, 1.165) is 30.0 Å². The van der Waals surface area contributed by atoms with Gasteiger partial charge in [0.05, 0.1) is 18.5 Å². The maximum Gasteiger partial charge on any atom is 0.272 e. The van der Waals surface area contributed by atoms with Gasteiger partial charge >= 0.3 is 0 Å². The Kier molecular flexibility index (Phi) is 5.39. The quantitative estimate of drug-likeness (QED) is 0.623. The Morgan fingerprint density at radius 2 is 1.50 bits per heavy atom. The monoisotopic (exact) mass is 430 g/mol. The molecule has 1 aromatic heterocycles. The predicted octanol–water partition coefficient (Wildman–Crippen LogP) is 3.36. The van der Waals surface area contributed by atoms with Gasteiger partial charge < -0.3 is 14.5 Å². The molecule has 2 fully saturated rings. The molecule has 0 spiro atoms. The van der Waals surface area contributed by atoms with Crippen LogP contribution in [0.3, 0.4) is 0 Å². The molecular formula is C25H26N4O3. The van der Waals surface area contributed by atoms with Crippen molar-refractivity contribution in [2.45, 2.75) is 18.8 Å². The normalized spacial score (nSPS) is 16.2. The zero-order valence-electron chi connectivity index (χ0n) is 18.1. The molecule has 2 heterocycles. The standard InChI is InChI=1S/C25H26N4O3/c1-32-21-11-9-19(10-12-21)24(30)27-13-15-28(16-14-27)25(31)23-17-22(18-7-8-18)26-29(23)20-5-3-2-4-6-20/h2-6,9-12,17-18H,7-8,13-16H2,1H3. The number of carbonyl (C=O) groups excluding carboxylic acids is 2. The zero-order chi connectivity index (χ0) is 22.1. The number of amides is 2. The van der Waals surface area contributed by atoms with Crippen LogP contribution in [0.15, 0.2) is 60.7 Å². The first-order chi connectivity index (χ1) is 15.6. The molecule has 1 aliphatic carbocycles. The smallest absolute Gasteiger partial charge is 0.272 e. The van der Waals surface area contributed by atoms with Crippen molar-refractivity contribution in [3.05, 3.63) is 77.6 Å². The molecule has 1 aliphatic heterocycles. The molecule has 164 valence electrons. The van der Waals surface area contributed by atoms with Crippen LogP contribution in [-0.2, 0) is 0 Å². The van der Waals surface area contributed by atoms with Crippen molar-refractivity contribution in [3.63, 3.8) is 0 Å². The molecule has 2 amide bonds. The fourth-order valence-electron chi connectivity index (χ4n) is 4.09. The van der Waals surface area contributed by atoms with Gasteiger partial charge in [0.1, 0.15) is 11.4 Å². The summed E-state index contributed by atoms with van der Waals surface area (Å²) in [7, 11) is 1.60. The van der Waals surface area contributed by atoms with E-state index in [2.05, 4.69) is 0 Å². The minimum atomic E-state index is -0.0372. The van der Waals surface area contributed by atoms with Crippen molar-refractivity contribution in [1.82, 2.24) is 19.6 Å². The van der Waals surface area contributed by atoms with Gasteiger partial charge in [-0.1, -0.05) is 18.2 Å². The lowest BCUT2D eigenvalue weighted by atomic mass is 10.1. The van der Waals surface area contributed by atoms with Gasteiger partial charge in [0, 0.05) is 37.7 Å². The molecule has 32 heavy (non-hydrogen) atoms. The summed E-state index contributed by atoms with van der Waals surface area (Å²) in [6.07, 6.45) is 2.26. The third-order valence-electron chi connectivity index (χ3n) is 6.13. The second-order valence-electron chi connectivity index (χ2n) is 8.29. The summed E-state index contributed by atoms with van der Waals surface area (Å²) in [6, 6.07) is 18.9. The molecule has 0 radical (unpaired) electrons. The average molecular weight is 431 g/mol. The number of ether oxygens (including phenoxy) is 1. The molecule has 5 rings (SSSR count). The SMILES string of the molecule is COc1ccc(C(=O)N2CCN(C(=O)c3cc(C4CC4)nn3-c3ccccc3)CC2)cc1. The van der Waals surface area contributed by atoms with Crippen LogP contribution in [0.1, 0.15) is 45.3 Å². The van der Waals surface area contributed by atoms with Gasteiger partial charge in [0.15, 0.2) is 0 Å². The van der Waals surface area contributed by atoms with Crippen LogP contribution in [0, 0.1) is 0 Å². The van der Waals surface area contributed by atoms with Crippen LogP contribution in [0.25, 0.3) is 5.69 Å². The number of hydrogen-bond donors (Lipinski definition) is 0. The van der Waals surface area contributed by atoms with Gasteiger partial charge in [-0.05, 0) is 55.3 Å². The second kappa shape index (κ2) is 8.49. The number of piperazine rings is 1. The minimum absolute atomic E-state index is 0.0231. The van der Waals surface area contributed by atoms with E-state index in [4.69, 9.17) is 9.84 Å². The maximum atomic E-state index is 13.4. The van der Waals surface area contributed by atoms with E-state index in [9.17, 15) is 9.59 Å². The van der Waals surface area contributed by atoms with E-state index in [1.165, 1.54) is 0 Å². The summed E-state index contributed by atoms with van der Waals surface area (Å²) in [6.45, 7) is 2.01. The molecule has 3 aromatic rings. The molecule has 0 unspecified atom stereocenters. The number of benzene rings is 2. The highest BCUT2D eigenvalue weighted by Gasteiger charge is 2.32. The molecule has 7 heteroatoms. The van der Waals surface area contributed by atoms with Crippen molar-refractivity contribution in [2.75, 3.05) is 33.3 Å². The summed E-state index contributed by atoms with van der Waals surface area (Å²) < 4.78 is 6.93. The lowest BCUT2D eigenvalue weighted by molar-refractivity contribution is 0.0530. The second-order valence-corrected chi connectivity index (χ2v) is 8.29. The van der Waals surface area contributed by atoms with Gasteiger partial charge in [-0.15, -0.1) is 0 Å². The summed E-state index contributed by atoms with van der Waals surface area (Å²) in [5, 5.41) is 4.75. The third kappa shape index (κ3) is 3.98. The van der Waals surface area contributed by atoms with Crippen LogP contribution >= 0.6 is 0 Å². The molecule has 1 saturated carbocycles. The molecule has 0 bridgehead atoms. The van der Waals surface area contributed by atoms with Gasteiger partial charge in [-0.3, -0.25) is 9.59 Å². The average Bonchev–Trinajstić information content (AvgIpc) is 3.62. The lowest BCUT2D eigenvalue weighted by Crippen LogP contribution is -2.50. The van der Waals surface area contributed by atoms with Crippen LogP contribution in [-0.4, -0.2) is 64.7 Å². The number of hydrogen-bond acceptors (Lipinski definition) is 4. The molecule has 2 aliphatic rings. The fourth-order valence-corrected chi connectivity index (χ4v) is 4.09. The summed E-state index contributed by atoms with van der Waals surface area (Å²) in [5.74, 6) is 1.12. The number of methoxy groups -OCH3 is 1. The number of aromatic nitrogens is 2. The molecule has 0 atom stereocenters. The van der Waals surface area contributed by atoms with E-state index in [-0.39, 0.29) is 11.8 Å². The lowest BCUT2D eigenvalue weighted by Gasteiger charge is -2.34. The van der Waals surface area contributed by atoms with Gasteiger partial charge in [0.25, 0.3) is 11.8 Å². The van der Waals surface area contributed by atoms with Crippen molar-refractivity contribution in [2.24, 2.45) is 0 Å². The first-order valence-electron chi connectivity index (χ1n) is 11.0. The maximum absolute atomic E-state index is 13.4. The Morgan fingerprint density at radius 3 is 2.09 bits per heavy atom. The van der Waals surface area contributed by atoms with Crippen molar-refractivity contribution >= 4 is 11.8 Å². The van der Waals surface area contributed by atoms with Gasteiger partial charge in [-0.25, -0.2) is 4.68 Å². The summed E-state index contributed by atoms with van der Waals surface area (Å²) >= 11 is 0. The summed E-state index contributed by atoms with van der Waals surface area (Å²) in [4.78, 5) is 29.9. The topological polar surface area (TPSA) is 67.7 Å². The fraction of sp³-hybridized carbons (Fsp3) is 0.320. The Morgan fingerprint density at radius 1 is 0.875 bits per heavy atom. The van der Waals surface area contributed by atoms with E-state index < -0.39 is 0 Å². The van der Waals surface area contributed by atoms with Crippen molar-refractivity contribution in [3.8, 4) is 11.4 Å². The van der Waals surface area contributed by atoms with E-state index in [1.54, 1.807) is 41.0 Å². The largest absolute Gasteiger partial charge is 0.497 e. The van der Waals surface area contributed by atoms with Crippen LogP contribution in [0.5, 0.6) is 5.75 Å². The molecule has 2 aromatic carbocycles. The highest BCUT2D eigenvalue weighted by molar-refractivity contribution is 5.95. The Hall–Kier alpha value is -3.61. The van der Waals surface area contributed by atoms with Crippen LogP contribution < -0.4 is 4.74 Å². The Balaban J connectivity index is 1.30. The molecular weight excluding hydrogens is 404 g/mol. The predicted molar refractivity (Wildman–Crippen MR) is 120 cm³/mol. The third-order valence-corrected chi connectivity index (χ3v) is 6.13. The van der Waals surface area contributed by atoms with E-state index in [1.807, 2.05) is 41.3 Å². The highest BCUT2D eigenvalue weighted by Crippen LogP contribution is 2.40. The minimum Gasteiger partial charge on any atom is -0.497 e. The van der Waals surface area contributed by atoms with Gasteiger partial charge in [0.2, 0.25) is 0 Å². The number of nitrogens with zero attached hydrogens (tertiary/aromatic N) is 4. The first kappa shape index (κ1) is 20.3. The van der Waals surface area contributed by atoms with Gasteiger partial charge in [-0.2, -0.15) is 5.10 Å². The van der Waals surface area contributed by atoms with Crippen LogP contribution in [0.4, 0.5) is 0 Å². The molecule has 1 saturated heterocycles. The van der Waals surface area contributed by atoms with Crippen molar-refractivity contribution < 1.29 is 14.3 Å². The Labute approximate surface area is 187 Å². The van der Waals surface area contributed by atoms with Crippen LogP contribution in [0.2, 0.25) is 0 Å². The number of para-hydroxylation sites is 1. The zero-order valence-corrected chi connectivity index (χ0v) is 18.1. The number of carbonyl (C=O) groups is 2. The van der Waals surface area contributed by atoms with E-state index in [0.29, 0.717) is 43.4 Å². The Bertz CT molecular complexity index is 1110.